The molecule has 8 heteroatoms. The number of amides is 2. The first-order valence-electron chi connectivity index (χ1n) is 11.6. The van der Waals surface area contributed by atoms with Gasteiger partial charge < -0.3 is 16.0 Å². The van der Waals surface area contributed by atoms with E-state index in [-0.39, 0.29) is 24.3 Å². The zero-order chi connectivity index (χ0) is 25.2. The van der Waals surface area contributed by atoms with E-state index >= 15 is 0 Å². The maximum absolute atomic E-state index is 12.7. The van der Waals surface area contributed by atoms with Crippen molar-refractivity contribution in [3.05, 3.63) is 100 Å². The second-order valence-corrected chi connectivity index (χ2v) is 9.23. The number of carbonyl (C=O) groups is 2. The average Bonchev–Trinajstić information content (AvgIpc) is 2.99. The van der Waals surface area contributed by atoms with Crippen LogP contribution in [0.4, 0.5) is 17.3 Å². The summed E-state index contributed by atoms with van der Waals surface area (Å²) in [6, 6.07) is 20.4. The van der Waals surface area contributed by atoms with Crippen LogP contribution in [0, 0.1) is 6.92 Å². The highest BCUT2D eigenvalue weighted by Gasteiger charge is 2.21. The van der Waals surface area contributed by atoms with Crippen molar-refractivity contribution in [2.75, 3.05) is 10.6 Å². The molecule has 0 radical (unpaired) electrons. The van der Waals surface area contributed by atoms with Crippen LogP contribution in [0.5, 0.6) is 0 Å². The van der Waals surface area contributed by atoms with Crippen LogP contribution in [0.2, 0.25) is 5.02 Å². The molecule has 0 saturated carbocycles. The monoisotopic (exact) mass is 497 g/mol. The van der Waals surface area contributed by atoms with Crippen molar-refractivity contribution < 1.29 is 9.59 Å². The van der Waals surface area contributed by atoms with Crippen molar-refractivity contribution in [2.45, 2.75) is 26.3 Å². The molecule has 0 bridgehead atoms. The highest BCUT2D eigenvalue weighted by molar-refractivity contribution is 6.31. The van der Waals surface area contributed by atoms with Gasteiger partial charge >= 0.3 is 0 Å². The zero-order valence-electron chi connectivity index (χ0n) is 19.8. The molecule has 180 valence electrons. The van der Waals surface area contributed by atoms with Crippen LogP contribution in [-0.2, 0) is 11.2 Å². The van der Waals surface area contributed by atoms with Crippen molar-refractivity contribution in [2.24, 2.45) is 0 Å². The molecule has 0 saturated heterocycles. The van der Waals surface area contributed by atoms with Crippen LogP contribution in [0.1, 0.15) is 40.0 Å². The Balaban J connectivity index is 1.32. The molecule has 1 aliphatic rings. The van der Waals surface area contributed by atoms with Crippen LogP contribution >= 0.6 is 11.6 Å². The number of carbonyl (C=O) groups excluding carboxylic acids is 2. The summed E-state index contributed by atoms with van der Waals surface area (Å²) in [5.41, 5.74) is 6.31. The molecule has 5 rings (SSSR count). The molecule has 1 atom stereocenters. The molecule has 0 aliphatic carbocycles. The Bertz CT molecular complexity index is 1450. The first-order valence-corrected chi connectivity index (χ1v) is 11.9. The molecular weight excluding hydrogens is 474 g/mol. The van der Waals surface area contributed by atoms with Gasteiger partial charge in [0.05, 0.1) is 23.8 Å². The number of hydrogen-bond donors (Lipinski definition) is 3. The fraction of sp³-hybridized carbons (Fsp3) is 0.143. The quantitative estimate of drug-likeness (QED) is 0.322. The van der Waals surface area contributed by atoms with Gasteiger partial charge in [-0.15, -0.1) is 0 Å². The molecule has 0 fully saturated rings. The van der Waals surface area contributed by atoms with E-state index in [0.717, 1.165) is 22.4 Å². The van der Waals surface area contributed by atoms with Crippen molar-refractivity contribution in [1.82, 2.24) is 15.3 Å². The minimum absolute atomic E-state index is 0.108. The van der Waals surface area contributed by atoms with Gasteiger partial charge in [0.25, 0.3) is 5.91 Å². The Hall–Kier alpha value is -4.23. The van der Waals surface area contributed by atoms with E-state index in [0.29, 0.717) is 27.9 Å². The molecule has 7 nitrogen and oxygen atoms in total. The zero-order valence-corrected chi connectivity index (χ0v) is 20.6. The van der Waals surface area contributed by atoms with Crippen LogP contribution in [0.25, 0.3) is 11.3 Å². The third-order valence-electron chi connectivity index (χ3n) is 6.05. The fourth-order valence-electron chi connectivity index (χ4n) is 4.08. The van der Waals surface area contributed by atoms with Crippen LogP contribution in [0.3, 0.4) is 0 Å². The number of aryl methyl sites for hydroxylation is 1. The van der Waals surface area contributed by atoms with E-state index in [1.807, 2.05) is 44.2 Å². The Morgan fingerprint density at radius 1 is 1.06 bits per heavy atom. The number of halogens is 1. The van der Waals surface area contributed by atoms with Crippen LogP contribution in [-0.4, -0.2) is 21.8 Å². The number of fused-ring (bicyclic) bond motifs is 3. The molecule has 4 aromatic rings. The number of rotatable bonds is 5. The first-order chi connectivity index (χ1) is 17.4. The highest BCUT2D eigenvalue weighted by atomic mass is 35.5. The molecule has 36 heavy (non-hydrogen) atoms. The standard InChI is InChI=1S/C28H24ClN5O2/c1-16-3-5-18(6-4-16)17(2)31-27(36)19-7-10-22(11-8-19)32-28-30-15-20-13-25(35)33-24-14-21(29)9-12-23(24)26(20)34-28/h3-12,14-15,17H,13H2,1-2H3,(H,31,36)(H,33,35)(H,30,32,34)/t17-/m0/s1. The topological polar surface area (TPSA) is 96.0 Å². The van der Waals surface area contributed by atoms with E-state index in [1.54, 1.807) is 42.6 Å². The summed E-state index contributed by atoms with van der Waals surface area (Å²) in [5.74, 6) is 0.0877. The molecule has 2 amide bonds. The lowest BCUT2D eigenvalue weighted by molar-refractivity contribution is -0.115. The summed E-state index contributed by atoms with van der Waals surface area (Å²) in [6.45, 7) is 4.00. The third-order valence-corrected chi connectivity index (χ3v) is 6.29. The predicted molar refractivity (Wildman–Crippen MR) is 142 cm³/mol. The Labute approximate surface area is 214 Å². The van der Waals surface area contributed by atoms with Gasteiger partial charge in [-0.25, -0.2) is 9.97 Å². The minimum Gasteiger partial charge on any atom is -0.346 e. The largest absolute Gasteiger partial charge is 0.346 e. The van der Waals surface area contributed by atoms with E-state index in [2.05, 4.69) is 25.9 Å². The third kappa shape index (κ3) is 5.06. The van der Waals surface area contributed by atoms with Crippen molar-refractivity contribution in [1.29, 1.82) is 0 Å². The highest BCUT2D eigenvalue weighted by Crippen LogP contribution is 2.34. The van der Waals surface area contributed by atoms with Crippen LogP contribution in [0.15, 0.2) is 72.9 Å². The molecule has 1 aliphatic heterocycles. The molecule has 3 N–H and O–H groups in total. The number of anilines is 3. The van der Waals surface area contributed by atoms with Gasteiger partial charge in [0.2, 0.25) is 11.9 Å². The number of benzene rings is 3. The molecule has 0 unspecified atom stereocenters. The second kappa shape index (κ2) is 9.79. The summed E-state index contributed by atoms with van der Waals surface area (Å²) >= 11 is 6.12. The van der Waals surface area contributed by atoms with Gasteiger partial charge in [-0.3, -0.25) is 9.59 Å². The number of hydrogen-bond acceptors (Lipinski definition) is 5. The predicted octanol–water partition coefficient (Wildman–Crippen LogP) is 5.83. The van der Waals surface area contributed by atoms with Gasteiger partial charge in [-0.1, -0.05) is 41.4 Å². The maximum Gasteiger partial charge on any atom is 0.251 e. The lowest BCUT2D eigenvalue weighted by Crippen LogP contribution is -2.26. The summed E-state index contributed by atoms with van der Waals surface area (Å²) in [4.78, 5) is 34.1. The van der Waals surface area contributed by atoms with Gasteiger partial charge in [0, 0.05) is 33.6 Å². The maximum atomic E-state index is 12.7. The van der Waals surface area contributed by atoms with Gasteiger partial charge in [-0.2, -0.15) is 0 Å². The second-order valence-electron chi connectivity index (χ2n) is 8.79. The van der Waals surface area contributed by atoms with Crippen molar-refractivity contribution in [3.8, 4) is 11.3 Å². The molecule has 1 aromatic heterocycles. The van der Waals surface area contributed by atoms with Gasteiger partial charge in [0.1, 0.15) is 0 Å². The Morgan fingerprint density at radius 3 is 2.56 bits per heavy atom. The SMILES string of the molecule is Cc1ccc([C@H](C)NC(=O)c2ccc(Nc3ncc4c(n3)-c3ccc(Cl)cc3NC(=O)C4)cc2)cc1. The first kappa shape index (κ1) is 23.5. The molecule has 3 aromatic carbocycles. The number of nitrogens with one attached hydrogen (secondary N) is 3. The van der Waals surface area contributed by atoms with E-state index in [1.165, 1.54) is 5.56 Å². The number of nitrogens with zero attached hydrogens (tertiary/aromatic N) is 2. The van der Waals surface area contributed by atoms with Crippen molar-refractivity contribution in [3.63, 3.8) is 0 Å². The molecule has 0 spiro atoms. The average molecular weight is 498 g/mol. The summed E-state index contributed by atoms with van der Waals surface area (Å²) in [7, 11) is 0. The molecule has 2 heterocycles. The normalized spacial score (nSPS) is 13.0. The fourth-order valence-corrected chi connectivity index (χ4v) is 4.25. The Morgan fingerprint density at radius 2 is 1.81 bits per heavy atom. The van der Waals surface area contributed by atoms with Crippen LogP contribution < -0.4 is 16.0 Å². The minimum atomic E-state index is -0.150. The van der Waals surface area contributed by atoms with E-state index in [9.17, 15) is 9.59 Å². The van der Waals surface area contributed by atoms with E-state index in [4.69, 9.17) is 11.6 Å². The smallest absolute Gasteiger partial charge is 0.251 e. The van der Waals surface area contributed by atoms with E-state index < -0.39 is 0 Å². The summed E-state index contributed by atoms with van der Waals surface area (Å²) in [6.07, 6.45) is 1.83. The summed E-state index contributed by atoms with van der Waals surface area (Å²) < 4.78 is 0. The lowest BCUT2D eigenvalue weighted by Gasteiger charge is -2.15. The molecular formula is C28H24ClN5O2. The van der Waals surface area contributed by atoms with Gasteiger partial charge in [-0.05, 0) is 61.9 Å². The number of aromatic nitrogens is 2. The van der Waals surface area contributed by atoms with Crippen molar-refractivity contribution >= 4 is 40.7 Å². The summed E-state index contributed by atoms with van der Waals surface area (Å²) in [5, 5.41) is 9.61. The Kier molecular flexibility index (Phi) is 6.40. The lowest BCUT2D eigenvalue weighted by atomic mass is 10.1. The van der Waals surface area contributed by atoms with Gasteiger partial charge in [0.15, 0.2) is 0 Å².